The van der Waals surface area contributed by atoms with Crippen molar-refractivity contribution in [3.05, 3.63) is 0 Å². The summed E-state index contributed by atoms with van der Waals surface area (Å²) >= 11 is 0. The topological polar surface area (TPSA) is 61.6 Å². The van der Waals surface area contributed by atoms with Crippen molar-refractivity contribution < 1.29 is 43.0 Å². The van der Waals surface area contributed by atoms with Crippen LogP contribution in [0.4, 0.5) is 4.79 Å². The highest BCUT2D eigenvalue weighted by molar-refractivity contribution is 5.64. The fourth-order valence-electron chi connectivity index (χ4n) is 0.929. The molecule has 0 aliphatic heterocycles. The standard InChI is InChI=1S/C7H16N2O3.HI/c1-6(12-7(8)10)5-9(2,3)11-4;/h6H,5H2,1-4H3,(H-,8,10);1H. The van der Waals surface area contributed by atoms with Gasteiger partial charge in [-0.05, 0) is 6.92 Å². The van der Waals surface area contributed by atoms with E-state index in [2.05, 4.69) is 0 Å². The fraction of sp³-hybridized carbons (Fsp3) is 0.857. The maximum Gasteiger partial charge on any atom is 0.404 e. The molecule has 0 aromatic carbocycles. The normalized spacial score (nSPS) is 12.9. The van der Waals surface area contributed by atoms with Gasteiger partial charge in [-0.15, -0.1) is 0 Å². The zero-order valence-corrected chi connectivity index (χ0v) is 10.6. The van der Waals surface area contributed by atoms with Gasteiger partial charge in [0.1, 0.15) is 6.54 Å². The molecule has 0 rings (SSSR count). The van der Waals surface area contributed by atoms with Gasteiger partial charge in [-0.3, -0.25) is 0 Å². The van der Waals surface area contributed by atoms with E-state index >= 15 is 0 Å². The van der Waals surface area contributed by atoms with E-state index in [9.17, 15) is 4.79 Å². The van der Waals surface area contributed by atoms with Gasteiger partial charge >= 0.3 is 6.09 Å². The number of primary amides is 1. The molecular weight excluding hydrogens is 287 g/mol. The number of ether oxygens (including phenoxy) is 1. The van der Waals surface area contributed by atoms with Crippen molar-refractivity contribution in [3.63, 3.8) is 0 Å². The second-order valence-electron chi connectivity index (χ2n) is 3.19. The molecule has 0 saturated heterocycles. The lowest BCUT2D eigenvalue weighted by Crippen LogP contribution is -3.00. The van der Waals surface area contributed by atoms with Crippen LogP contribution in [0.3, 0.4) is 0 Å². The van der Waals surface area contributed by atoms with E-state index in [0.717, 1.165) is 0 Å². The first kappa shape index (κ1) is 15.4. The summed E-state index contributed by atoms with van der Waals surface area (Å²) in [6.07, 6.45) is -0.990. The van der Waals surface area contributed by atoms with Crippen LogP contribution in [-0.4, -0.2) is 44.6 Å². The zero-order valence-electron chi connectivity index (χ0n) is 8.41. The van der Waals surface area contributed by atoms with Crippen LogP contribution >= 0.6 is 0 Å². The second kappa shape index (κ2) is 6.39. The summed E-state index contributed by atoms with van der Waals surface area (Å²) in [5.74, 6) is 0. The Morgan fingerprint density at radius 2 is 2.00 bits per heavy atom. The van der Waals surface area contributed by atoms with Gasteiger partial charge in [0, 0.05) is 0 Å². The molecule has 0 aliphatic rings. The van der Waals surface area contributed by atoms with Gasteiger partial charge in [0.05, 0.1) is 21.2 Å². The van der Waals surface area contributed by atoms with Gasteiger partial charge in [-0.2, -0.15) is 4.65 Å². The van der Waals surface area contributed by atoms with Gasteiger partial charge in [0.2, 0.25) is 0 Å². The maximum absolute atomic E-state index is 10.3. The van der Waals surface area contributed by atoms with E-state index in [0.29, 0.717) is 11.2 Å². The predicted octanol–water partition coefficient (Wildman–Crippen LogP) is -2.89. The Balaban J connectivity index is 0. The fourth-order valence-corrected chi connectivity index (χ4v) is 0.929. The number of amides is 1. The molecule has 5 nitrogen and oxygen atoms in total. The summed E-state index contributed by atoms with van der Waals surface area (Å²) in [4.78, 5) is 15.4. The quantitative estimate of drug-likeness (QED) is 0.345. The first-order chi connectivity index (χ1) is 5.37. The lowest BCUT2D eigenvalue weighted by atomic mass is 10.4. The van der Waals surface area contributed by atoms with Crippen molar-refractivity contribution >= 4 is 6.09 Å². The molecule has 0 bridgehead atoms. The number of hydrogen-bond donors (Lipinski definition) is 1. The molecule has 0 aliphatic carbocycles. The third-order valence-corrected chi connectivity index (χ3v) is 1.51. The van der Waals surface area contributed by atoms with Crippen molar-refractivity contribution in [3.8, 4) is 0 Å². The second-order valence-corrected chi connectivity index (χ2v) is 3.19. The Bertz CT molecular complexity index is 164. The van der Waals surface area contributed by atoms with Crippen LogP contribution in [0.15, 0.2) is 0 Å². The van der Waals surface area contributed by atoms with Crippen molar-refractivity contribution in [2.45, 2.75) is 13.0 Å². The molecule has 0 saturated carbocycles. The molecule has 6 heteroatoms. The summed E-state index contributed by atoms with van der Waals surface area (Å²) in [5.41, 5.74) is 4.84. The smallest absolute Gasteiger partial charge is 0.404 e. The van der Waals surface area contributed by atoms with Gasteiger partial charge in [-0.1, -0.05) is 0 Å². The Morgan fingerprint density at radius 3 is 2.31 bits per heavy atom. The minimum atomic E-state index is -0.751. The van der Waals surface area contributed by atoms with Gasteiger partial charge in [0.25, 0.3) is 0 Å². The first-order valence-corrected chi connectivity index (χ1v) is 3.72. The van der Waals surface area contributed by atoms with Gasteiger partial charge < -0.3 is 34.4 Å². The Labute approximate surface area is 95.7 Å². The monoisotopic (exact) mass is 304 g/mol. The van der Waals surface area contributed by atoms with Crippen molar-refractivity contribution in [1.82, 2.24) is 0 Å². The number of hydroxylamine groups is 3. The summed E-state index contributed by atoms with van der Waals surface area (Å²) in [5, 5.41) is 0. The summed E-state index contributed by atoms with van der Waals surface area (Å²) in [6, 6.07) is 0. The highest BCUT2D eigenvalue weighted by Gasteiger charge is 2.21. The summed E-state index contributed by atoms with van der Waals surface area (Å²) in [6.45, 7) is 2.34. The van der Waals surface area contributed by atoms with E-state index in [-0.39, 0.29) is 30.1 Å². The molecule has 0 aromatic heterocycles. The Morgan fingerprint density at radius 1 is 1.54 bits per heavy atom. The van der Waals surface area contributed by atoms with Gasteiger partial charge in [0.15, 0.2) is 6.10 Å². The molecule has 0 radical (unpaired) electrons. The maximum atomic E-state index is 10.3. The van der Waals surface area contributed by atoms with Crippen LogP contribution < -0.4 is 29.7 Å². The van der Waals surface area contributed by atoms with Crippen molar-refractivity contribution in [2.24, 2.45) is 5.73 Å². The number of carbonyl (C=O) groups is 1. The third-order valence-electron chi connectivity index (χ3n) is 1.51. The number of hydrogen-bond acceptors (Lipinski definition) is 3. The number of halogens is 1. The molecule has 0 heterocycles. The van der Waals surface area contributed by atoms with E-state index in [1.165, 1.54) is 0 Å². The molecule has 13 heavy (non-hydrogen) atoms. The molecule has 1 atom stereocenters. The highest BCUT2D eigenvalue weighted by atomic mass is 127. The largest absolute Gasteiger partial charge is 1.00 e. The SMILES string of the molecule is CO[N+](C)(C)CC(C)OC(N)=O.[I-]. The van der Waals surface area contributed by atoms with Crippen molar-refractivity contribution in [2.75, 3.05) is 27.7 Å². The number of quaternary nitrogens is 1. The molecule has 2 N–H and O–H groups in total. The Hall–Kier alpha value is -0.0800. The van der Waals surface area contributed by atoms with E-state index in [1.54, 1.807) is 14.0 Å². The van der Waals surface area contributed by atoms with Crippen LogP contribution in [-0.2, 0) is 9.57 Å². The summed E-state index contributed by atoms with van der Waals surface area (Å²) in [7, 11) is 5.32. The molecule has 0 aromatic rings. The number of rotatable bonds is 4. The minimum Gasteiger partial charge on any atom is -1.00 e. The molecule has 0 fully saturated rings. The van der Waals surface area contributed by atoms with Crippen LogP contribution in [0.5, 0.6) is 0 Å². The number of nitrogens with zero attached hydrogens (tertiary/aromatic N) is 1. The van der Waals surface area contributed by atoms with Crippen molar-refractivity contribution in [1.29, 1.82) is 0 Å². The van der Waals surface area contributed by atoms with Crippen LogP contribution in [0, 0.1) is 0 Å². The van der Waals surface area contributed by atoms with Crippen LogP contribution in [0.25, 0.3) is 0 Å². The van der Waals surface area contributed by atoms with Gasteiger partial charge in [-0.25, -0.2) is 9.63 Å². The molecule has 1 unspecified atom stereocenters. The summed E-state index contributed by atoms with van der Waals surface area (Å²) < 4.78 is 5.06. The lowest BCUT2D eigenvalue weighted by molar-refractivity contribution is -1.07. The highest BCUT2D eigenvalue weighted by Crippen LogP contribution is 2.02. The van der Waals surface area contributed by atoms with Crippen LogP contribution in [0.1, 0.15) is 6.92 Å². The predicted molar refractivity (Wildman–Crippen MR) is 44.1 cm³/mol. The van der Waals surface area contributed by atoms with Crippen LogP contribution in [0.2, 0.25) is 0 Å². The Kier molecular flexibility index (Phi) is 7.56. The van der Waals surface area contributed by atoms with E-state index in [4.69, 9.17) is 15.3 Å². The molecule has 80 valence electrons. The number of nitrogens with two attached hydrogens (primary N) is 1. The first-order valence-electron chi connectivity index (χ1n) is 3.72. The van der Waals surface area contributed by atoms with E-state index in [1.807, 2.05) is 14.1 Å². The van der Waals surface area contributed by atoms with E-state index < -0.39 is 6.09 Å². The minimum absolute atomic E-state index is 0. The number of carbonyl (C=O) groups excluding carboxylic acids is 1. The lowest BCUT2D eigenvalue weighted by Gasteiger charge is -2.27. The third kappa shape index (κ3) is 8.26. The molecule has 0 spiro atoms. The molecule has 1 amide bonds. The average Bonchev–Trinajstić information content (AvgIpc) is 1.84. The zero-order chi connectivity index (χ0) is 9.78. The average molecular weight is 304 g/mol. The molecular formula is C7H17IN2O3. The number of likely N-dealkylation sites (N-methyl/N-ethyl adjacent to an activating group) is 1.